The molecule has 4 rings (SSSR count). The molecule has 31 heavy (non-hydrogen) atoms. The van der Waals surface area contributed by atoms with Gasteiger partial charge in [-0.05, 0) is 57.6 Å². The maximum Gasteiger partial charge on any atom is 0.253 e. The molecule has 0 spiro atoms. The molecular weight excluding hydrogens is 392 g/mol. The van der Waals surface area contributed by atoms with E-state index in [4.69, 9.17) is 4.52 Å². The summed E-state index contributed by atoms with van der Waals surface area (Å²) in [6.07, 6.45) is 3.78. The van der Waals surface area contributed by atoms with Gasteiger partial charge in [0.2, 0.25) is 11.8 Å². The Morgan fingerprint density at radius 2 is 1.84 bits per heavy atom. The molecule has 2 unspecified atom stereocenters. The molecule has 166 valence electrons. The fourth-order valence-corrected chi connectivity index (χ4v) is 4.32. The van der Waals surface area contributed by atoms with E-state index in [0.717, 1.165) is 42.6 Å². The molecule has 1 saturated carbocycles. The van der Waals surface area contributed by atoms with E-state index in [1.54, 1.807) is 0 Å². The van der Waals surface area contributed by atoms with E-state index in [0.29, 0.717) is 30.5 Å². The quantitative estimate of drug-likeness (QED) is 0.759. The Morgan fingerprint density at radius 1 is 1.13 bits per heavy atom. The standard InChI is InChI=1S/C24H32N4O3/c1-14(2)20(23-26-21(27-31-23)17-7-8-17)25-22(29)18-6-5-9-28(13-18)24(30)19-11-15(3)10-16(4)12-19/h10-12,14,17-18,20H,5-9,13H2,1-4H3,(H,25,29). The zero-order valence-corrected chi connectivity index (χ0v) is 18.9. The van der Waals surface area contributed by atoms with Crippen molar-refractivity contribution in [3.05, 3.63) is 46.6 Å². The van der Waals surface area contributed by atoms with Crippen LogP contribution in [0, 0.1) is 25.7 Å². The molecule has 2 atom stereocenters. The van der Waals surface area contributed by atoms with Gasteiger partial charge in [0.25, 0.3) is 5.91 Å². The first kappa shape index (κ1) is 21.5. The number of carbonyl (C=O) groups excluding carboxylic acids is 2. The van der Waals surface area contributed by atoms with Crippen molar-refractivity contribution >= 4 is 11.8 Å². The van der Waals surface area contributed by atoms with E-state index < -0.39 is 0 Å². The van der Waals surface area contributed by atoms with E-state index in [1.807, 2.05) is 44.7 Å². The summed E-state index contributed by atoms with van der Waals surface area (Å²) in [5.41, 5.74) is 2.83. The number of nitrogens with zero attached hydrogens (tertiary/aromatic N) is 3. The van der Waals surface area contributed by atoms with Crippen LogP contribution in [-0.2, 0) is 4.79 Å². The summed E-state index contributed by atoms with van der Waals surface area (Å²) in [7, 11) is 0. The minimum atomic E-state index is -0.321. The molecule has 0 bridgehead atoms. The molecule has 1 saturated heterocycles. The van der Waals surface area contributed by atoms with Gasteiger partial charge in [-0.25, -0.2) is 0 Å². The SMILES string of the molecule is Cc1cc(C)cc(C(=O)N2CCCC(C(=O)NC(c3nc(C4CC4)no3)C(C)C)C2)c1. The highest BCUT2D eigenvalue weighted by Gasteiger charge is 2.34. The summed E-state index contributed by atoms with van der Waals surface area (Å²) >= 11 is 0. The van der Waals surface area contributed by atoms with Gasteiger partial charge in [0.05, 0.1) is 5.92 Å². The molecule has 7 nitrogen and oxygen atoms in total. The number of likely N-dealkylation sites (tertiary alicyclic amines) is 1. The largest absolute Gasteiger partial charge is 0.344 e. The van der Waals surface area contributed by atoms with Crippen molar-refractivity contribution in [1.82, 2.24) is 20.4 Å². The number of piperidine rings is 1. The number of amides is 2. The highest BCUT2D eigenvalue weighted by atomic mass is 16.5. The number of rotatable bonds is 6. The molecule has 1 aliphatic carbocycles. The van der Waals surface area contributed by atoms with Crippen molar-refractivity contribution in [2.75, 3.05) is 13.1 Å². The molecule has 2 fully saturated rings. The Kier molecular flexibility index (Phi) is 6.12. The van der Waals surface area contributed by atoms with Gasteiger partial charge >= 0.3 is 0 Å². The Balaban J connectivity index is 1.42. The number of benzene rings is 1. The maximum atomic E-state index is 13.1. The second kappa shape index (κ2) is 8.81. The number of carbonyl (C=O) groups is 2. The number of aromatic nitrogens is 2. The van der Waals surface area contributed by atoms with Crippen LogP contribution < -0.4 is 5.32 Å². The molecule has 1 aromatic carbocycles. The van der Waals surface area contributed by atoms with Crippen LogP contribution >= 0.6 is 0 Å². The first-order valence-corrected chi connectivity index (χ1v) is 11.3. The third-order valence-electron chi connectivity index (χ3n) is 6.18. The molecular formula is C24H32N4O3. The van der Waals surface area contributed by atoms with Gasteiger partial charge in [0, 0.05) is 24.6 Å². The zero-order chi connectivity index (χ0) is 22.1. The van der Waals surface area contributed by atoms with E-state index in [-0.39, 0.29) is 29.7 Å². The number of hydrogen-bond donors (Lipinski definition) is 1. The number of hydrogen-bond acceptors (Lipinski definition) is 5. The third-order valence-corrected chi connectivity index (χ3v) is 6.18. The fraction of sp³-hybridized carbons (Fsp3) is 0.583. The van der Waals surface area contributed by atoms with Crippen LogP contribution in [0.15, 0.2) is 22.7 Å². The minimum Gasteiger partial charge on any atom is -0.344 e. The van der Waals surface area contributed by atoms with Gasteiger partial charge in [-0.15, -0.1) is 0 Å². The lowest BCUT2D eigenvalue weighted by molar-refractivity contribution is -0.127. The number of nitrogens with one attached hydrogen (secondary N) is 1. The van der Waals surface area contributed by atoms with Crippen LogP contribution in [0.2, 0.25) is 0 Å². The molecule has 1 N–H and O–H groups in total. The Labute approximate surface area is 183 Å². The lowest BCUT2D eigenvalue weighted by atomic mass is 9.94. The van der Waals surface area contributed by atoms with E-state index in [9.17, 15) is 9.59 Å². The van der Waals surface area contributed by atoms with Crippen LogP contribution in [-0.4, -0.2) is 39.9 Å². The van der Waals surface area contributed by atoms with Crippen LogP contribution in [0.5, 0.6) is 0 Å². The molecule has 2 amide bonds. The summed E-state index contributed by atoms with van der Waals surface area (Å²) in [5.74, 6) is 1.45. The van der Waals surface area contributed by atoms with Gasteiger partial charge < -0.3 is 14.7 Å². The monoisotopic (exact) mass is 424 g/mol. The van der Waals surface area contributed by atoms with Crippen molar-refractivity contribution in [3.8, 4) is 0 Å². The van der Waals surface area contributed by atoms with E-state index >= 15 is 0 Å². The summed E-state index contributed by atoms with van der Waals surface area (Å²) in [4.78, 5) is 32.5. The van der Waals surface area contributed by atoms with Crippen LogP contribution in [0.25, 0.3) is 0 Å². The van der Waals surface area contributed by atoms with Gasteiger partial charge in [-0.3, -0.25) is 9.59 Å². The molecule has 0 radical (unpaired) electrons. The van der Waals surface area contributed by atoms with Crippen molar-refractivity contribution in [3.63, 3.8) is 0 Å². The molecule has 2 aliphatic rings. The molecule has 7 heteroatoms. The van der Waals surface area contributed by atoms with Gasteiger partial charge in [-0.1, -0.05) is 36.2 Å². The second-order valence-electron chi connectivity index (χ2n) is 9.46. The van der Waals surface area contributed by atoms with Crippen molar-refractivity contribution in [2.45, 2.75) is 65.3 Å². The van der Waals surface area contributed by atoms with Gasteiger partial charge in [0.1, 0.15) is 6.04 Å². The molecule has 1 aromatic heterocycles. The Hall–Kier alpha value is -2.70. The van der Waals surface area contributed by atoms with Crippen molar-refractivity contribution < 1.29 is 14.1 Å². The molecule has 2 aromatic rings. The first-order chi connectivity index (χ1) is 14.8. The normalized spacial score (nSPS) is 20.0. The van der Waals surface area contributed by atoms with E-state index in [2.05, 4.69) is 21.5 Å². The van der Waals surface area contributed by atoms with Gasteiger partial charge in [0.15, 0.2) is 5.82 Å². The fourth-order valence-electron chi connectivity index (χ4n) is 4.32. The third kappa shape index (κ3) is 4.97. The molecule has 2 heterocycles. The number of aryl methyl sites for hydroxylation is 2. The predicted octanol–water partition coefficient (Wildman–Crippen LogP) is 3.93. The smallest absolute Gasteiger partial charge is 0.253 e. The molecule has 1 aliphatic heterocycles. The first-order valence-electron chi connectivity index (χ1n) is 11.3. The minimum absolute atomic E-state index is 0.00399. The zero-order valence-electron chi connectivity index (χ0n) is 18.9. The topological polar surface area (TPSA) is 88.3 Å². The van der Waals surface area contributed by atoms with E-state index in [1.165, 1.54) is 0 Å². The van der Waals surface area contributed by atoms with Crippen LogP contribution in [0.4, 0.5) is 0 Å². The Morgan fingerprint density at radius 3 is 2.48 bits per heavy atom. The average molecular weight is 425 g/mol. The maximum absolute atomic E-state index is 13.1. The van der Waals surface area contributed by atoms with Crippen molar-refractivity contribution in [2.24, 2.45) is 11.8 Å². The second-order valence-corrected chi connectivity index (χ2v) is 9.46. The highest BCUT2D eigenvalue weighted by molar-refractivity contribution is 5.95. The summed E-state index contributed by atoms with van der Waals surface area (Å²) < 4.78 is 5.48. The van der Waals surface area contributed by atoms with Crippen LogP contribution in [0.1, 0.15) is 84.7 Å². The predicted molar refractivity (Wildman–Crippen MR) is 117 cm³/mol. The lowest BCUT2D eigenvalue weighted by Crippen LogP contribution is -2.46. The van der Waals surface area contributed by atoms with Crippen LogP contribution in [0.3, 0.4) is 0 Å². The van der Waals surface area contributed by atoms with Gasteiger partial charge in [-0.2, -0.15) is 4.98 Å². The Bertz CT molecular complexity index is 943. The highest BCUT2D eigenvalue weighted by Crippen LogP contribution is 2.38. The summed E-state index contributed by atoms with van der Waals surface area (Å²) in [5, 5.41) is 7.21. The lowest BCUT2D eigenvalue weighted by Gasteiger charge is -2.33. The summed E-state index contributed by atoms with van der Waals surface area (Å²) in [6.45, 7) is 9.16. The summed E-state index contributed by atoms with van der Waals surface area (Å²) in [6, 6.07) is 5.57. The van der Waals surface area contributed by atoms with Crippen molar-refractivity contribution in [1.29, 1.82) is 0 Å². The average Bonchev–Trinajstić information content (AvgIpc) is 3.47.